The summed E-state index contributed by atoms with van der Waals surface area (Å²) in [5.41, 5.74) is 1.70. The minimum atomic E-state index is 0.248. The largest absolute Gasteiger partial charge is 0.294 e. The molecule has 0 aliphatic heterocycles. The van der Waals surface area contributed by atoms with Crippen molar-refractivity contribution in [2.24, 2.45) is 5.92 Å². The predicted octanol–water partition coefficient (Wildman–Crippen LogP) is 2.32. The van der Waals surface area contributed by atoms with Crippen LogP contribution in [0.1, 0.15) is 29.6 Å². The normalized spacial score (nSPS) is 16.5. The first-order chi connectivity index (χ1) is 7.36. The van der Waals surface area contributed by atoms with Gasteiger partial charge in [-0.25, -0.2) is 4.52 Å². The van der Waals surface area contributed by atoms with Gasteiger partial charge in [-0.1, -0.05) is 12.5 Å². The van der Waals surface area contributed by atoms with E-state index in [9.17, 15) is 4.79 Å². The molecule has 2 heterocycles. The van der Waals surface area contributed by atoms with E-state index < -0.39 is 0 Å². The zero-order valence-electron chi connectivity index (χ0n) is 8.39. The number of Topliss-reactive ketones (excluding diaryl/α,β-unsaturated/α-hetero) is 1. The third-order valence-electron chi connectivity index (χ3n) is 3.17. The number of fused-ring (bicyclic) bond motifs is 1. The van der Waals surface area contributed by atoms with Gasteiger partial charge >= 0.3 is 0 Å². The lowest BCUT2D eigenvalue weighted by Gasteiger charge is -2.23. The van der Waals surface area contributed by atoms with E-state index in [0.29, 0.717) is 0 Å². The van der Waals surface area contributed by atoms with Crippen molar-refractivity contribution in [3.05, 3.63) is 36.2 Å². The molecule has 0 unspecified atom stereocenters. The summed E-state index contributed by atoms with van der Waals surface area (Å²) in [6.07, 6.45) is 6.84. The minimum absolute atomic E-state index is 0.248. The van der Waals surface area contributed by atoms with Crippen LogP contribution in [0.15, 0.2) is 30.6 Å². The van der Waals surface area contributed by atoms with Crippen molar-refractivity contribution >= 4 is 11.3 Å². The first kappa shape index (κ1) is 8.65. The third kappa shape index (κ3) is 1.27. The van der Waals surface area contributed by atoms with E-state index in [-0.39, 0.29) is 11.7 Å². The van der Waals surface area contributed by atoms with Gasteiger partial charge in [-0.15, -0.1) is 0 Å². The number of ketones is 1. The van der Waals surface area contributed by atoms with Crippen molar-refractivity contribution in [3.8, 4) is 0 Å². The number of hydrogen-bond acceptors (Lipinski definition) is 2. The van der Waals surface area contributed by atoms with Crippen molar-refractivity contribution in [2.45, 2.75) is 19.3 Å². The van der Waals surface area contributed by atoms with Gasteiger partial charge < -0.3 is 0 Å². The third-order valence-corrected chi connectivity index (χ3v) is 3.17. The number of rotatable bonds is 2. The van der Waals surface area contributed by atoms with E-state index in [0.717, 1.165) is 23.9 Å². The van der Waals surface area contributed by atoms with E-state index in [1.54, 1.807) is 10.7 Å². The minimum Gasteiger partial charge on any atom is -0.294 e. The second-order valence-corrected chi connectivity index (χ2v) is 4.08. The summed E-state index contributed by atoms with van der Waals surface area (Å²) in [4.78, 5) is 12.0. The molecule has 2 aromatic rings. The highest BCUT2D eigenvalue weighted by atomic mass is 16.1. The van der Waals surface area contributed by atoms with Crippen molar-refractivity contribution in [2.75, 3.05) is 0 Å². The molecule has 1 aliphatic rings. The Morgan fingerprint density at radius 2 is 2.27 bits per heavy atom. The molecule has 0 bridgehead atoms. The smallest absolute Gasteiger partial charge is 0.169 e. The second-order valence-electron chi connectivity index (χ2n) is 4.08. The molecule has 0 spiro atoms. The lowest BCUT2D eigenvalue weighted by atomic mass is 9.80. The Labute approximate surface area is 87.7 Å². The molecule has 3 rings (SSSR count). The van der Waals surface area contributed by atoms with E-state index in [2.05, 4.69) is 5.10 Å². The Hall–Kier alpha value is -1.64. The number of carbonyl (C=O) groups is 1. The molecule has 0 amide bonds. The highest BCUT2D eigenvalue weighted by molar-refractivity contribution is 6.03. The maximum Gasteiger partial charge on any atom is 0.169 e. The summed E-state index contributed by atoms with van der Waals surface area (Å²) in [6, 6.07) is 5.80. The second kappa shape index (κ2) is 3.19. The lowest BCUT2D eigenvalue weighted by Crippen LogP contribution is -2.21. The molecule has 1 fully saturated rings. The fraction of sp³-hybridized carbons (Fsp3) is 0.333. The Kier molecular flexibility index (Phi) is 1.84. The average molecular weight is 200 g/mol. The molecule has 0 N–H and O–H groups in total. The number of nitrogens with zero attached hydrogens (tertiary/aromatic N) is 2. The highest BCUT2D eigenvalue weighted by Crippen LogP contribution is 2.30. The Morgan fingerprint density at radius 3 is 3.00 bits per heavy atom. The zero-order valence-corrected chi connectivity index (χ0v) is 8.39. The van der Waals surface area contributed by atoms with Gasteiger partial charge in [0.15, 0.2) is 5.78 Å². The average Bonchev–Trinajstić information content (AvgIpc) is 2.58. The van der Waals surface area contributed by atoms with Gasteiger partial charge in [0.2, 0.25) is 0 Å². The van der Waals surface area contributed by atoms with Gasteiger partial charge in [0.25, 0.3) is 0 Å². The zero-order chi connectivity index (χ0) is 10.3. The van der Waals surface area contributed by atoms with E-state index in [4.69, 9.17) is 0 Å². The van der Waals surface area contributed by atoms with Crippen molar-refractivity contribution in [3.63, 3.8) is 0 Å². The fourth-order valence-electron chi connectivity index (χ4n) is 2.01. The number of aromatic nitrogens is 2. The van der Waals surface area contributed by atoms with Crippen LogP contribution in [-0.2, 0) is 0 Å². The molecule has 3 heteroatoms. The van der Waals surface area contributed by atoms with Gasteiger partial charge in [-0.3, -0.25) is 4.79 Å². The van der Waals surface area contributed by atoms with Crippen LogP contribution in [0, 0.1) is 5.92 Å². The molecular formula is C12H12N2O. The Balaban J connectivity index is 2.06. The van der Waals surface area contributed by atoms with Crippen LogP contribution in [0.5, 0.6) is 0 Å². The van der Waals surface area contributed by atoms with Gasteiger partial charge in [-0.2, -0.15) is 5.10 Å². The van der Waals surface area contributed by atoms with Gasteiger partial charge in [0, 0.05) is 12.1 Å². The number of pyridine rings is 1. The number of carbonyl (C=O) groups excluding carboxylic acids is 1. The monoisotopic (exact) mass is 200 g/mol. The number of hydrogen-bond donors (Lipinski definition) is 0. The molecule has 2 aromatic heterocycles. The molecule has 3 nitrogen and oxygen atoms in total. The van der Waals surface area contributed by atoms with Crippen LogP contribution in [0.2, 0.25) is 0 Å². The molecule has 0 radical (unpaired) electrons. The van der Waals surface area contributed by atoms with Crippen molar-refractivity contribution in [1.82, 2.24) is 9.61 Å². The van der Waals surface area contributed by atoms with Crippen LogP contribution in [0.4, 0.5) is 0 Å². The molecule has 0 aromatic carbocycles. The lowest BCUT2D eigenvalue weighted by molar-refractivity contribution is 0.0857. The van der Waals surface area contributed by atoms with Crippen LogP contribution in [-0.4, -0.2) is 15.4 Å². The molecule has 76 valence electrons. The van der Waals surface area contributed by atoms with Crippen LogP contribution in [0.25, 0.3) is 5.52 Å². The van der Waals surface area contributed by atoms with Crippen molar-refractivity contribution in [1.29, 1.82) is 0 Å². The standard InChI is InChI=1S/C12H12N2O/c15-12(9-4-3-5-9)10-8-13-14-7-2-1-6-11(10)14/h1-2,6-9H,3-5H2. The Bertz CT molecular complexity index is 511. The summed E-state index contributed by atoms with van der Waals surface area (Å²) in [6.45, 7) is 0. The maximum absolute atomic E-state index is 12.0. The SMILES string of the molecule is O=C(c1cnn2ccccc12)C1CCC1. The molecule has 0 atom stereocenters. The summed E-state index contributed by atoms with van der Waals surface area (Å²) in [5, 5.41) is 4.18. The van der Waals surface area contributed by atoms with Crippen molar-refractivity contribution < 1.29 is 4.79 Å². The van der Waals surface area contributed by atoms with Gasteiger partial charge in [0.05, 0.1) is 17.3 Å². The topological polar surface area (TPSA) is 34.4 Å². The fourth-order valence-corrected chi connectivity index (χ4v) is 2.01. The van der Waals surface area contributed by atoms with Crippen LogP contribution < -0.4 is 0 Å². The van der Waals surface area contributed by atoms with Gasteiger partial charge in [0.1, 0.15) is 0 Å². The summed E-state index contributed by atoms with van der Waals surface area (Å²) in [5.74, 6) is 0.514. The highest BCUT2D eigenvalue weighted by Gasteiger charge is 2.27. The summed E-state index contributed by atoms with van der Waals surface area (Å²) < 4.78 is 1.76. The first-order valence-electron chi connectivity index (χ1n) is 5.33. The van der Waals surface area contributed by atoms with E-state index in [1.165, 1.54) is 6.42 Å². The summed E-state index contributed by atoms with van der Waals surface area (Å²) in [7, 11) is 0. The quantitative estimate of drug-likeness (QED) is 0.697. The molecule has 1 saturated carbocycles. The molecule has 15 heavy (non-hydrogen) atoms. The van der Waals surface area contributed by atoms with Gasteiger partial charge in [-0.05, 0) is 25.0 Å². The van der Waals surface area contributed by atoms with E-state index >= 15 is 0 Å². The van der Waals surface area contributed by atoms with Crippen LogP contribution in [0.3, 0.4) is 0 Å². The predicted molar refractivity (Wildman–Crippen MR) is 56.9 cm³/mol. The molecule has 0 saturated heterocycles. The van der Waals surface area contributed by atoms with E-state index in [1.807, 2.05) is 24.4 Å². The summed E-state index contributed by atoms with van der Waals surface area (Å²) >= 11 is 0. The molecular weight excluding hydrogens is 188 g/mol. The Morgan fingerprint density at radius 1 is 1.40 bits per heavy atom. The first-order valence-corrected chi connectivity index (χ1v) is 5.33. The molecule has 1 aliphatic carbocycles. The van der Waals surface area contributed by atoms with Crippen LogP contribution >= 0.6 is 0 Å². The maximum atomic E-state index is 12.0.